The smallest absolute Gasteiger partial charge is 0.123 e. The van der Waals surface area contributed by atoms with Crippen molar-refractivity contribution in [3.05, 3.63) is 53.7 Å². The maximum absolute atomic E-state index is 5.74. The van der Waals surface area contributed by atoms with Crippen LogP contribution in [0, 0.1) is 12.8 Å². The monoisotopic (exact) mass is 281 g/mol. The molecule has 1 fully saturated rings. The van der Waals surface area contributed by atoms with E-state index in [0.717, 1.165) is 19.0 Å². The number of nitrogens with zero attached hydrogens (tertiary/aromatic N) is 2. The van der Waals surface area contributed by atoms with Gasteiger partial charge in [0.2, 0.25) is 0 Å². The summed E-state index contributed by atoms with van der Waals surface area (Å²) in [5.74, 6) is 1.40. The normalized spacial score (nSPS) is 16.1. The van der Waals surface area contributed by atoms with Gasteiger partial charge in [-0.05, 0) is 49.3 Å². The number of pyridine rings is 1. The van der Waals surface area contributed by atoms with Gasteiger partial charge >= 0.3 is 0 Å². The number of nitrogen functional groups attached to an aromatic ring is 1. The quantitative estimate of drug-likeness (QED) is 0.937. The number of rotatable bonds is 3. The highest BCUT2D eigenvalue weighted by molar-refractivity contribution is 5.55. The number of anilines is 2. The zero-order valence-electron chi connectivity index (χ0n) is 12.6. The average Bonchev–Trinajstić information content (AvgIpc) is 2.49. The van der Waals surface area contributed by atoms with E-state index in [0.29, 0.717) is 5.82 Å². The SMILES string of the molecule is Cc1cc(N)ncc1N1CCC(Cc2ccccc2)CC1. The molecule has 3 nitrogen and oxygen atoms in total. The van der Waals surface area contributed by atoms with Crippen molar-refractivity contribution >= 4 is 11.5 Å². The molecule has 1 aliphatic rings. The molecule has 21 heavy (non-hydrogen) atoms. The highest BCUT2D eigenvalue weighted by Gasteiger charge is 2.20. The lowest BCUT2D eigenvalue weighted by atomic mass is 9.90. The predicted molar refractivity (Wildman–Crippen MR) is 88.5 cm³/mol. The Morgan fingerprint density at radius 2 is 1.90 bits per heavy atom. The molecule has 0 unspecified atom stereocenters. The van der Waals surface area contributed by atoms with Gasteiger partial charge in [-0.3, -0.25) is 0 Å². The van der Waals surface area contributed by atoms with E-state index < -0.39 is 0 Å². The number of hydrogen-bond donors (Lipinski definition) is 1. The van der Waals surface area contributed by atoms with Crippen molar-refractivity contribution in [1.29, 1.82) is 0 Å². The van der Waals surface area contributed by atoms with Crippen LogP contribution in [0.15, 0.2) is 42.6 Å². The summed E-state index contributed by atoms with van der Waals surface area (Å²) in [5, 5.41) is 0. The number of benzene rings is 1. The summed E-state index contributed by atoms with van der Waals surface area (Å²) >= 11 is 0. The number of nitrogens with two attached hydrogens (primary N) is 1. The molecule has 1 aromatic heterocycles. The van der Waals surface area contributed by atoms with Crippen LogP contribution in [0.1, 0.15) is 24.0 Å². The molecule has 3 rings (SSSR count). The minimum atomic E-state index is 0.607. The van der Waals surface area contributed by atoms with Gasteiger partial charge in [0.05, 0.1) is 11.9 Å². The van der Waals surface area contributed by atoms with Gasteiger partial charge in [-0.2, -0.15) is 0 Å². The van der Waals surface area contributed by atoms with E-state index in [9.17, 15) is 0 Å². The van der Waals surface area contributed by atoms with Crippen molar-refractivity contribution in [3.63, 3.8) is 0 Å². The molecule has 3 heteroatoms. The molecule has 0 radical (unpaired) electrons. The Kier molecular flexibility index (Phi) is 4.09. The van der Waals surface area contributed by atoms with Gasteiger partial charge in [-0.15, -0.1) is 0 Å². The lowest BCUT2D eigenvalue weighted by molar-refractivity contribution is 0.403. The van der Waals surface area contributed by atoms with Gasteiger partial charge in [-0.25, -0.2) is 4.98 Å². The third-order valence-corrected chi connectivity index (χ3v) is 4.43. The Bertz CT molecular complexity index is 587. The molecule has 0 aliphatic carbocycles. The molecule has 0 bridgehead atoms. The molecule has 1 aliphatic heterocycles. The fourth-order valence-corrected chi connectivity index (χ4v) is 3.23. The fraction of sp³-hybridized carbons (Fsp3) is 0.389. The van der Waals surface area contributed by atoms with Crippen molar-refractivity contribution < 1.29 is 0 Å². The van der Waals surface area contributed by atoms with Crippen LogP contribution in [0.4, 0.5) is 11.5 Å². The Morgan fingerprint density at radius 3 is 2.57 bits per heavy atom. The maximum atomic E-state index is 5.74. The van der Waals surface area contributed by atoms with Gasteiger partial charge in [0.25, 0.3) is 0 Å². The summed E-state index contributed by atoms with van der Waals surface area (Å²) < 4.78 is 0. The van der Waals surface area contributed by atoms with Crippen molar-refractivity contribution in [2.45, 2.75) is 26.2 Å². The van der Waals surface area contributed by atoms with E-state index in [-0.39, 0.29) is 0 Å². The summed E-state index contributed by atoms with van der Waals surface area (Å²) in [5.41, 5.74) is 9.66. The van der Waals surface area contributed by atoms with Crippen LogP contribution in [-0.2, 0) is 6.42 Å². The first kappa shape index (κ1) is 13.9. The highest BCUT2D eigenvalue weighted by Crippen LogP contribution is 2.27. The number of hydrogen-bond acceptors (Lipinski definition) is 3. The molecule has 2 N–H and O–H groups in total. The van der Waals surface area contributed by atoms with E-state index in [2.05, 4.69) is 47.1 Å². The molecular formula is C18H23N3. The van der Waals surface area contributed by atoms with Crippen LogP contribution in [0.2, 0.25) is 0 Å². The molecule has 0 amide bonds. The summed E-state index contributed by atoms with van der Waals surface area (Å²) in [6, 6.07) is 12.8. The second-order valence-electron chi connectivity index (χ2n) is 6.02. The molecule has 110 valence electrons. The second-order valence-corrected chi connectivity index (χ2v) is 6.02. The molecule has 0 saturated carbocycles. The average molecular weight is 281 g/mol. The molecule has 2 aromatic rings. The number of piperidine rings is 1. The van der Waals surface area contributed by atoms with Gasteiger partial charge in [0.1, 0.15) is 5.82 Å². The zero-order valence-corrected chi connectivity index (χ0v) is 12.6. The highest BCUT2D eigenvalue weighted by atomic mass is 15.1. The van der Waals surface area contributed by atoms with E-state index >= 15 is 0 Å². The molecular weight excluding hydrogens is 258 g/mol. The molecule has 0 spiro atoms. The molecule has 2 heterocycles. The molecule has 0 atom stereocenters. The van der Waals surface area contributed by atoms with E-state index in [4.69, 9.17) is 5.73 Å². The van der Waals surface area contributed by atoms with Crippen LogP contribution >= 0.6 is 0 Å². The first-order valence-electron chi connectivity index (χ1n) is 7.73. The standard InChI is InChI=1S/C18H23N3/c1-14-11-18(19)20-13-17(14)21-9-7-16(8-10-21)12-15-5-3-2-4-6-15/h2-6,11,13,16H,7-10,12H2,1H3,(H2,19,20). The molecule has 1 aromatic carbocycles. The summed E-state index contributed by atoms with van der Waals surface area (Å²) in [6.07, 6.45) is 5.62. The van der Waals surface area contributed by atoms with Crippen LogP contribution in [0.5, 0.6) is 0 Å². The van der Waals surface area contributed by atoms with E-state index in [1.807, 2.05) is 12.3 Å². The van der Waals surface area contributed by atoms with Crippen LogP contribution in [-0.4, -0.2) is 18.1 Å². The van der Waals surface area contributed by atoms with Gasteiger partial charge < -0.3 is 10.6 Å². The van der Waals surface area contributed by atoms with Crippen molar-refractivity contribution in [1.82, 2.24) is 4.98 Å². The van der Waals surface area contributed by atoms with Crippen LogP contribution < -0.4 is 10.6 Å². The third-order valence-electron chi connectivity index (χ3n) is 4.43. The van der Waals surface area contributed by atoms with E-state index in [1.165, 1.54) is 36.1 Å². The number of aryl methyl sites for hydroxylation is 1. The van der Waals surface area contributed by atoms with Gasteiger partial charge in [0.15, 0.2) is 0 Å². The molecule has 1 saturated heterocycles. The van der Waals surface area contributed by atoms with Crippen molar-refractivity contribution in [2.75, 3.05) is 23.7 Å². The van der Waals surface area contributed by atoms with Crippen molar-refractivity contribution in [3.8, 4) is 0 Å². The Hall–Kier alpha value is -2.03. The Labute approximate surface area is 126 Å². The largest absolute Gasteiger partial charge is 0.384 e. The van der Waals surface area contributed by atoms with E-state index in [1.54, 1.807) is 0 Å². The number of aromatic nitrogens is 1. The first-order chi connectivity index (χ1) is 10.2. The zero-order chi connectivity index (χ0) is 14.7. The summed E-state index contributed by atoms with van der Waals surface area (Å²) in [6.45, 7) is 4.34. The Balaban J connectivity index is 1.60. The topological polar surface area (TPSA) is 42.1 Å². The first-order valence-corrected chi connectivity index (χ1v) is 7.73. The van der Waals surface area contributed by atoms with Gasteiger partial charge in [0, 0.05) is 13.1 Å². The summed E-state index contributed by atoms with van der Waals surface area (Å²) in [4.78, 5) is 6.69. The van der Waals surface area contributed by atoms with Crippen LogP contribution in [0.3, 0.4) is 0 Å². The Morgan fingerprint density at radius 1 is 1.19 bits per heavy atom. The minimum absolute atomic E-state index is 0.607. The predicted octanol–water partition coefficient (Wildman–Crippen LogP) is 3.43. The minimum Gasteiger partial charge on any atom is -0.384 e. The lowest BCUT2D eigenvalue weighted by Gasteiger charge is -2.34. The van der Waals surface area contributed by atoms with Crippen molar-refractivity contribution in [2.24, 2.45) is 5.92 Å². The lowest BCUT2D eigenvalue weighted by Crippen LogP contribution is -2.34. The maximum Gasteiger partial charge on any atom is 0.123 e. The second kappa shape index (κ2) is 6.17. The van der Waals surface area contributed by atoms with Crippen LogP contribution in [0.25, 0.3) is 0 Å². The fourth-order valence-electron chi connectivity index (χ4n) is 3.23. The summed E-state index contributed by atoms with van der Waals surface area (Å²) in [7, 11) is 0. The van der Waals surface area contributed by atoms with Gasteiger partial charge in [-0.1, -0.05) is 30.3 Å². The third kappa shape index (κ3) is 3.35.